The van der Waals surface area contributed by atoms with E-state index in [2.05, 4.69) is 10.6 Å². The van der Waals surface area contributed by atoms with Crippen molar-refractivity contribution in [2.45, 2.75) is 19.8 Å². The third-order valence-corrected chi connectivity index (χ3v) is 5.03. The monoisotopic (exact) mass is 441 g/mol. The number of ether oxygens (including phenoxy) is 2. The number of hydrogen-bond acceptors (Lipinski definition) is 5. The van der Waals surface area contributed by atoms with Crippen LogP contribution in [-0.4, -0.2) is 54.7 Å². The van der Waals surface area contributed by atoms with Gasteiger partial charge < -0.3 is 19.7 Å². The SMILES string of the molecule is CCOCCOc1ccc(C(=O)NC(=S)Nc2ccc(C(=O)N3CCCC3)cc2)cc1. The van der Waals surface area contributed by atoms with Gasteiger partial charge in [0.1, 0.15) is 12.4 Å². The molecule has 8 heteroatoms. The average molecular weight is 442 g/mol. The van der Waals surface area contributed by atoms with Crippen LogP contribution in [0.1, 0.15) is 40.5 Å². The number of benzene rings is 2. The molecule has 164 valence electrons. The van der Waals surface area contributed by atoms with Crippen molar-refractivity contribution in [1.29, 1.82) is 0 Å². The lowest BCUT2D eigenvalue weighted by atomic mass is 10.2. The van der Waals surface area contributed by atoms with Crippen molar-refractivity contribution in [2.75, 3.05) is 38.2 Å². The molecule has 2 N–H and O–H groups in total. The maximum atomic E-state index is 12.4. The third kappa shape index (κ3) is 6.77. The van der Waals surface area contributed by atoms with Gasteiger partial charge in [-0.15, -0.1) is 0 Å². The molecule has 0 spiro atoms. The Labute approximate surface area is 187 Å². The summed E-state index contributed by atoms with van der Waals surface area (Å²) >= 11 is 5.24. The van der Waals surface area contributed by atoms with Crippen LogP contribution < -0.4 is 15.4 Å². The Morgan fingerprint density at radius 3 is 2.26 bits per heavy atom. The topological polar surface area (TPSA) is 79.9 Å². The van der Waals surface area contributed by atoms with Gasteiger partial charge in [0.05, 0.1) is 6.61 Å². The Kier molecular flexibility index (Phi) is 8.37. The second-order valence-electron chi connectivity index (χ2n) is 7.05. The van der Waals surface area contributed by atoms with E-state index >= 15 is 0 Å². The minimum absolute atomic E-state index is 0.0465. The van der Waals surface area contributed by atoms with E-state index in [9.17, 15) is 9.59 Å². The van der Waals surface area contributed by atoms with E-state index in [-0.39, 0.29) is 16.9 Å². The number of nitrogens with one attached hydrogen (secondary N) is 2. The number of nitrogens with zero attached hydrogens (tertiary/aromatic N) is 1. The molecule has 3 rings (SSSR count). The lowest BCUT2D eigenvalue weighted by Crippen LogP contribution is -2.34. The number of carbonyl (C=O) groups excluding carboxylic acids is 2. The van der Waals surface area contributed by atoms with Crippen LogP contribution in [-0.2, 0) is 4.74 Å². The van der Waals surface area contributed by atoms with Crippen molar-refractivity contribution < 1.29 is 19.1 Å². The Hall–Kier alpha value is -2.97. The zero-order valence-electron chi connectivity index (χ0n) is 17.6. The fourth-order valence-corrected chi connectivity index (χ4v) is 3.41. The fraction of sp³-hybridized carbons (Fsp3) is 0.348. The number of anilines is 1. The molecule has 1 saturated heterocycles. The summed E-state index contributed by atoms with van der Waals surface area (Å²) in [6.45, 7) is 5.18. The number of hydrogen-bond donors (Lipinski definition) is 2. The highest BCUT2D eigenvalue weighted by Gasteiger charge is 2.19. The molecule has 0 radical (unpaired) electrons. The van der Waals surface area contributed by atoms with Crippen LogP contribution in [0.2, 0.25) is 0 Å². The van der Waals surface area contributed by atoms with E-state index in [4.69, 9.17) is 21.7 Å². The van der Waals surface area contributed by atoms with Crippen molar-refractivity contribution >= 4 is 34.8 Å². The first-order valence-electron chi connectivity index (χ1n) is 10.4. The normalized spacial score (nSPS) is 13.0. The van der Waals surface area contributed by atoms with Crippen LogP contribution in [0.25, 0.3) is 0 Å². The van der Waals surface area contributed by atoms with Gasteiger partial charge in [0.15, 0.2) is 5.11 Å². The molecule has 2 amide bonds. The van der Waals surface area contributed by atoms with E-state index in [0.29, 0.717) is 42.4 Å². The number of rotatable bonds is 8. The predicted molar refractivity (Wildman–Crippen MR) is 124 cm³/mol. The van der Waals surface area contributed by atoms with Crippen molar-refractivity contribution in [1.82, 2.24) is 10.2 Å². The summed E-state index contributed by atoms with van der Waals surface area (Å²) in [6.07, 6.45) is 2.12. The van der Waals surface area contributed by atoms with Gasteiger partial charge in [0.25, 0.3) is 11.8 Å². The van der Waals surface area contributed by atoms with E-state index in [1.54, 1.807) is 48.5 Å². The molecular weight excluding hydrogens is 414 g/mol. The summed E-state index contributed by atoms with van der Waals surface area (Å²) in [5.74, 6) is 0.393. The molecule has 0 aromatic heterocycles. The Balaban J connectivity index is 1.47. The van der Waals surface area contributed by atoms with Crippen LogP contribution >= 0.6 is 12.2 Å². The maximum Gasteiger partial charge on any atom is 0.257 e. The molecule has 0 unspecified atom stereocenters. The molecule has 1 heterocycles. The van der Waals surface area contributed by atoms with Gasteiger partial charge in [-0.05, 0) is 80.5 Å². The van der Waals surface area contributed by atoms with E-state index < -0.39 is 0 Å². The number of likely N-dealkylation sites (tertiary alicyclic amines) is 1. The molecule has 0 bridgehead atoms. The molecule has 0 saturated carbocycles. The summed E-state index contributed by atoms with van der Waals surface area (Å²) in [5, 5.41) is 5.80. The summed E-state index contributed by atoms with van der Waals surface area (Å²) in [7, 11) is 0. The van der Waals surface area contributed by atoms with Crippen molar-refractivity contribution in [3.63, 3.8) is 0 Å². The van der Waals surface area contributed by atoms with Gasteiger partial charge in [-0.2, -0.15) is 0 Å². The summed E-state index contributed by atoms with van der Waals surface area (Å²) in [4.78, 5) is 26.7. The third-order valence-electron chi connectivity index (χ3n) is 4.83. The van der Waals surface area contributed by atoms with E-state index in [1.807, 2.05) is 11.8 Å². The van der Waals surface area contributed by atoms with Gasteiger partial charge in [0, 0.05) is 36.5 Å². The number of amides is 2. The fourth-order valence-electron chi connectivity index (χ4n) is 3.20. The molecule has 1 aliphatic rings. The molecule has 1 aliphatic heterocycles. The smallest absolute Gasteiger partial charge is 0.257 e. The minimum Gasteiger partial charge on any atom is -0.491 e. The van der Waals surface area contributed by atoms with E-state index in [1.165, 1.54) is 0 Å². The van der Waals surface area contributed by atoms with Crippen LogP contribution in [0, 0.1) is 0 Å². The summed E-state index contributed by atoms with van der Waals surface area (Å²) in [5.41, 5.74) is 1.81. The molecular formula is C23H27N3O4S. The molecule has 0 atom stereocenters. The van der Waals surface area contributed by atoms with Gasteiger partial charge >= 0.3 is 0 Å². The Bertz CT molecular complexity index is 894. The Morgan fingerprint density at radius 1 is 0.968 bits per heavy atom. The highest BCUT2D eigenvalue weighted by atomic mass is 32.1. The molecule has 2 aromatic carbocycles. The largest absolute Gasteiger partial charge is 0.491 e. The second-order valence-corrected chi connectivity index (χ2v) is 7.46. The predicted octanol–water partition coefficient (Wildman–Crippen LogP) is 3.46. The first-order chi connectivity index (χ1) is 15.1. The lowest BCUT2D eigenvalue weighted by molar-refractivity contribution is 0.0792. The van der Waals surface area contributed by atoms with Crippen LogP contribution in [0.5, 0.6) is 5.75 Å². The second kappa shape index (κ2) is 11.4. The number of carbonyl (C=O) groups is 2. The standard InChI is InChI=1S/C23H27N3O4S/c1-2-29-15-16-30-20-11-7-17(8-12-20)21(27)25-23(31)24-19-9-5-18(6-10-19)22(28)26-13-3-4-14-26/h5-12H,2-4,13-16H2,1H3,(H2,24,25,27,31). The quantitative estimate of drug-likeness (QED) is 0.482. The highest BCUT2D eigenvalue weighted by molar-refractivity contribution is 7.80. The summed E-state index contributed by atoms with van der Waals surface area (Å²) in [6, 6.07) is 13.9. The Morgan fingerprint density at radius 2 is 1.61 bits per heavy atom. The number of thiocarbonyl (C=S) groups is 1. The summed E-state index contributed by atoms with van der Waals surface area (Å²) < 4.78 is 10.8. The van der Waals surface area contributed by atoms with Crippen LogP contribution in [0.3, 0.4) is 0 Å². The van der Waals surface area contributed by atoms with E-state index in [0.717, 1.165) is 25.9 Å². The molecule has 2 aromatic rings. The molecule has 0 aliphatic carbocycles. The van der Waals surface area contributed by atoms with Crippen molar-refractivity contribution in [2.24, 2.45) is 0 Å². The van der Waals surface area contributed by atoms with Crippen LogP contribution in [0.15, 0.2) is 48.5 Å². The highest BCUT2D eigenvalue weighted by Crippen LogP contribution is 2.16. The molecule has 1 fully saturated rings. The van der Waals surface area contributed by atoms with Gasteiger partial charge in [-0.25, -0.2) is 0 Å². The molecule has 7 nitrogen and oxygen atoms in total. The zero-order valence-corrected chi connectivity index (χ0v) is 18.4. The maximum absolute atomic E-state index is 12.4. The minimum atomic E-state index is -0.320. The van der Waals surface area contributed by atoms with Gasteiger partial charge in [-0.3, -0.25) is 14.9 Å². The first-order valence-corrected chi connectivity index (χ1v) is 10.8. The van der Waals surface area contributed by atoms with Crippen LogP contribution in [0.4, 0.5) is 5.69 Å². The average Bonchev–Trinajstić information content (AvgIpc) is 3.32. The zero-order chi connectivity index (χ0) is 22.1. The van der Waals surface area contributed by atoms with Gasteiger partial charge in [0.2, 0.25) is 0 Å². The van der Waals surface area contributed by atoms with Crippen molar-refractivity contribution in [3.8, 4) is 5.75 Å². The molecule has 31 heavy (non-hydrogen) atoms. The van der Waals surface area contributed by atoms with Crippen molar-refractivity contribution in [3.05, 3.63) is 59.7 Å². The lowest BCUT2D eigenvalue weighted by Gasteiger charge is -2.15. The first kappa shape index (κ1) is 22.7. The van der Waals surface area contributed by atoms with Gasteiger partial charge in [-0.1, -0.05) is 0 Å².